The molecule has 1 aliphatic carbocycles. The van der Waals surface area contributed by atoms with Gasteiger partial charge in [-0.1, -0.05) is 0 Å². The summed E-state index contributed by atoms with van der Waals surface area (Å²) in [5.41, 5.74) is 8.19. The second-order valence-electron chi connectivity index (χ2n) is 7.14. The van der Waals surface area contributed by atoms with Crippen LogP contribution in [0.15, 0.2) is 34.9 Å². The topological polar surface area (TPSA) is 118 Å². The highest BCUT2D eigenvalue weighted by molar-refractivity contribution is 7.21. The number of aromatic nitrogens is 3. The molecule has 0 atom stereocenters. The van der Waals surface area contributed by atoms with Crippen molar-refractivity contribution in [1.82, 2.24) is 10.3 Å². The van der Waals surface area contributed by atoms with Crippen molar-refractivity contribution in [2.24, 2.45) is 0 Å². The number of alkyl halides is 3. The summed E-state index contributed by atoms with van der Waals surface area (Å²) in [6.07, 6.45) is -2.09. The molecule has 0 spiro atoms. The first-order valence-corrected chi connectivity index (χ1v) is 10.2. The van der Waals surface area contributed by atoms with Crippen LogP contribution in [-0.2, 0) is 12.8 Å². The van der Waals surface area contributed by atoms with E-state index in [2.05, 4.69) is 19.5 Å². The predicted molar refractivity (Wildman–Crippen MR) is 104 cm³/mol. The van der Waals surface area contributed by atoms with Crippen LogP contribution in [0.3, 0.4) is 0 Å². The Balaban J connectivity index is 1.53. The third-order valence-corrected chi connectivity index (χ3v) is 6.21. The van der Waals surface area contributed by atoms with Gasteiger partial charge in [0.15, 0.2) is 5.95 Å². The normalized spacial score (nSPS) is 13.5. The van der Waals surface area contributed by atoms with Crippen molar-refractivity contribution < 1.29 is 37.0 Å². The Kier molecular flexibility index (Phi) is 4.55. The van der Waals surface area contributed by atoms with E-state index in [4.69, 9.17) is 5.73 Å². The number of fused-ring (bicyclic) bond motifs is 2. The van der Waals surface area contributed by atoms with Crippen LogP contribution in [0.1, 0.15) is 33.0 Å². The fraction of sp³-hybridized carbons (Fsp3) is 0.200. The van der Waals surface area contributed by atoms with Crippen LogP contribution in [0.4, 0.5) is 18.9 Å². The molecular weight excluding hydrogens is 449 g/mol. The van der Waals surface area contributed by atoms with E-state index in [-0.39, 0.29) is 16.3 Å². The highest BCUT2D eigenvalue weighted by Crippen LogP contribution is 2.37. The van der Waals surface area contributed by atoms with E-state index in [0.29, 0.717) is 10.2 Å². The van der Waals surface area contributed by atoms with Gasteiger partial charge in [0.25, 0.3) is 5.78 Å². The number of anilines is 1. The van der Waals surface area contributed by atoms with Gasteiger partial charge in [0, 0.05) is 23.2 Å². The molecule has 3 heterocycles. The minimum atomic E-state index is -4.85. The highest BCUT2D eigenvalue weighted by Gasteiger charge is 2.34. The number of ketones is 1. The second kappa shape index (κ2) is 7.19. The summed E-state index contributed by atoms with van der Waals surface area (Å²) in [5, 5.41) is 16.5. The molecule has 0 radical (unpaired) electrons. The van der Waals surface area contributed by atoms with E-state index in [1.807, 2.05) is 6.07 Å². The number of aryl methyl sites for hydroxylation is 2. The van der Waals surface area contributed by atoms with Crippen LogP contribution in [0, 0.1) is 0 Å². The maximum atomic E-state index is 13.2. The molecule has 4 aromatic rings. The van der Waals surface area contributed by atoms with Gasteiger partial charge in [-0.15, -0.1) is 24.5 Å². The number of nitrogens with zero attached hydrogens (tertiary/aromatic N) is 3. The molecule has 8 nitrogen and oxygen atoms in total. The summed E-state index contributed by atoms with van der Waals surface area (Å²) in [7, 11) is 0. The third-order valence-electron chi connectivity index (χ3n) is 5.10. The molecule has 0 unspecified atom stereocenters. The van der Waals surface area contributed by atoms with Crippen molar-refractivity contribution in [1.29, 1.82) is 0 Å². The van der Waals surface area contributed by atoms with Crippen LogP contribution in [0.2, 0.25) is 0 Å². The van der Waals surface area contributed by atoms with E-state index in [9.17, 15) is 23.1 Å². The Labute approximate surface area is 181 Å². The zero-order valence-corrected chi connectivity index (χ0v) is 16.9. The van der Waals surface area contributed by atoms with Gasteiger partial charge in [0.2, 0.25) is 5.69 Å². The number of nitrogen functional groups attached to an aromatic ring is 1. The summed E-state index contributed by atoms with van der Waals surface area (Å²) < 4.78 is 46.5. The van der Waals surface area contributed by atoms with Gasteiger partial charge in [-0.05, 0) is 47.7 Å². The van der Waals surface area contributed by atoms with E-state index < -0.39 is 29.5 Å². The Bertz CT molecular complexity index is 1360. The van der Waals surface area contributed by atoms with Crippen LogP contribution < -0.4 is 20.3 Å². The number of pyridine rings is 1. The average molecular weight is 462 g/mol. The maximum Gasteiger partial charge on any atom is 0.573 e. The number of halogens is 3. The standard InChI is InChI=1S/C20H13F3N4O4S/c21-20(22,23)30-11-6-4-10(5-7-11)27-15(19(29)31-26-27)16(28)17-14(24)12-8-9-2-1-3-13(9)25-18(12)32-17/h4-8H,1-3H2,(H2-,24,26,28,29). The highest BCUT2D eigenvalue weighted by atomic mass is 32.1. The molecule has 164 valence electrons. The van der Waals surface area contributed by atoms with Crippen LogP contribution in [-0.4, -0.2) is 22.4 Å². The van der Waals surface area contributed by atoms with Crippen molar-refractivity contribution in [2.75, 3.05) is 5.73 Å². The first-order valence-electron chi connectivity index (χ1n) is 9.42. The van der Waals surface area contributed by atoms with Crippen LogP contribution in [0.5, 0.6) is 11.7 Å². The minimum absolute atomic E-state index is 0.113. The van der Waals surface area contributed by atoms with Crippen molar-refractivity contribution in [3.05, 3.63) is 52.2 Å². The van der Waals surface area contributed by atoms with Gasteiger partial charge in [-0.3, -0.25) is 4.79 Å². The average Bonchev–Trinajstić information content (AvgIpc) is 3.43. The number of benzene rings is 1. The van der Waals surface area contributed by atoms with Gasteiger partial charge < -0.3 is 20.1 Å². The predicted octanol–water partition coefficient (Wildman–Crippen LogP) is 2.84. The van der Waals surface area contributed by atoms with Crippen molar-refractivity contribution in [3.63, 3.8) is 0 Å². The molecule has 0 bridgehead atoms. The largest absolute Gasteiger partial charge is 0.573 e. The van der Waals surface area contributed by atoms with Gasteiger partial charge in [0.1, 0.15) is 15.5 Å². The molecule has 0 fully saturated rings. The van der Waals surface area contributed by atoms with E-state index in [0.717, 1.165) is 58.7 Å². The van der Waals surface area contributed by atoms with Gasteiger partial charge in [-0.25, -0.2) is 4.98 Å². The molecule has 5 rings (SSSR count). The maximum absolute atomic E-state index is 13.2. The van der Waals surface area contributed by atoms with Crippen molar-refractivity contribution in [2.45, 2.75) is 25.6 Å². The first kappa shape index (κ1) is 20.2. The third kappa shape index (κ3) is 3.42. The Morgan fingerprint density at radius 1 is 1.25 bits per heavy atom. The van der Waals surface area contributed by atoms with E-state index in [1.54, 1.807) is 0 Å². The number of ether oxygens (including phenoxy) is 1. The van der Waals surface area contributed by atoms with E-state index >= 15 is 0 Å². The molecule has 0 saturated carbocycles. The quantitative estimate of drug-likeness (QED) is 0.366. The first-order chi connectivity index (χ1) is 15.2. The Morgan fingerprint density at radius 3 is 2.72 bits per heavy atom. The van der Waals surface area contributed by atoms with Crippen LogP contribution in [0.25, 0.3) is 15.9 Å². The number of rotatable bonds is 4. The number of hydrogen-bond donors (Lipinski definition) is 1. The summed E-state index contributed by atoms with van der Waals surface area (Å²) in [4.78, 5) is 18.5. The van der Waals surface area contributed by atoms with Gasteiger partial charge >= 0.3 is 12.1 Å². The smallest absolute Gasteiger partial charge is 0.539 e. The molecule has 0 saturated heterocycles. The number of carbonyl (C=O) groups excluding carboxylic acids is 1. The lowest BCUT2D eigenvalue weighted by atomic mass is 10.1. The summed E-state index contributed by atoms with van der Waals surface area (Å²) in [5.74, 6) is -2.18. The monoisotopic (exact) mass is 462 g/mol. The minimum Gasteiger partial charge on any atom is -0.539 e. The number of thiophene rings is 1. The van der Waals surface area contributed by atoms with E-state index in [1.165, 1.54) is 12.1 Å². The molecule has 1 aliphatic rings. The van der Waals surface area contributed by atoms with Crippen molar-refractivity contribution >= 4 is 33.0 Å². The zero-order chi connectivity index (χ0) is 22.6. The second-order valence-corrected chi connectivity index (χ2v) is 8.14. The Hall–Kier alpha value is -3.67. The van der Waals surface area contributed by atoms with Gasteiger partial charge in [-0.2, -0.15) is 0 Å². The van der Waals surface area contributed by atoms with Crippen LogP contribution >= 0.6 is 11.3 Å². The Morgan fingerprint density at radius 2 is 2.00 bits per heavy atom. The number of nitrogens with two attached hydrogens (primary N) is 1. The molecular formula is C20H13F3N4O4S. The fourth-order valence-corrected chi connectivity index (χ4v) is 4.71. The number of hydrogen-bond acceptors (Lipinski definition) is 8. The summed E-state index contributed by atoms with van der Waals surface area (Å²) in [6.45, 7) is 0. The molecule has 2 N–H and O–H groups in total. The molecule has 0 amide bonds. The number of carbonyl (C=O) groups is 1. The fourth-order valence-electron chi connectivity index (χ4n) is 3.68. The lowest BCUT2D eigenvalue weighted by Crippen LogP contribution is -2.39. The van der Waals surface area contributed by atoms with Gasteiger partial charge in [0.05, 0.1) is 11.0 Å². The lowest BCUT2D eigenvalue weighted by Gasteiger charge is -2.07. The molecule has 12 heteroatoms. The summed E-state index contributed by atoms with van der Waals surface area (Å²) >= 11 is 1.07. The lowest BCUT2D eigenvalue weighted by molar-refractivity contribution is -0.672. The summed E-state index contributed by atoms with van der Waals surface area (Å²) in [6, 6.07) is 6.40. The molecule has 32 heavy (non-hydrogen) atoms. The molecule has 1 aromatic carbocycles. The zero-order valence-electron chi connectivity index (χ0n) is 16.1. The molecule has 3 aromatic heterocycles. The van der Waals surface area contributed by atoms with Crippen molar-refractivity contribution in [3.8, 4) is 17.4 Å². The molecule has 0 aliphatic heterocycles. The SMILES string of the molecule is Nc1c(C(=O)c2c([O-])on[n+]2-c2ccc(OC(F)(F)F)cc2)sc2nc3c(cc12)CCC3.